The van der Waals surface area contributed by atoms with Crippen molar-refractivity contribution in [2.75, 3.05) is 52.9 Å². The van der Waals surface area contributed by atoms with Crippen LogP contribution < -0.4 is 20.1 Å². The number of ether oxygens (including phenoxy) is 2. The van der Waals surface area contributed by atoms with E-state index in [2.05, 4.69) is 27.4 Å². The highest BCUT2D eigenvalue weighted by Gasteiger charge is 2.21. The van der Waals surface area contributed by atoms with Crippen molar-refractivity contribution in [3.8, 4) is 11.5 Å². The van der Waals surface area contributed by atoms with Gasteiger partial charge in [-0.3, -0.25) is 9.69 Å². The van der Waals surface area contributed by atoms with Gasteiger partial charge in [0.05, 0.1) is 20.2 Å². The molecule has 0 saturated carbocycles. The molecule has 1 aliphatic heterocycles. The molecule has 1 aliphatic rings. The van der Waals surface area contributed by atoms with E-state index in [0.717, 1.165) is 50.2 Å². The summed E-state index contributed by atoms with van der Waals surface area (Å²) in [5.41, 5.74) is 0. The molecule has 0 bridgehead atoms. The number of methoxy groups -OCH3 is 1. The second-order valence-corrected chi connectivity index (χ2v) is 7.78. The van der Waals surface area contributed by atoms with Crippen LogP contribution in [0.1, 0.15) is 27.7 Å². The van der Waals surface area contributed by atoms with E-state index in [1.54, 1.807) is 7.11 Å². The van der Waals surface area contributed by atoms with Crippen molar-refractivity contribution in [1.29, 1.82) is 0 Å². The van der Waals surface area contributed by atoms with E-state index < -0.39 is 0 Å². The van der Waals surface area contributed by atoms with Gasteiger partial charge in [-0.25, -0.2) is 4.99 Å². The summed E-state index contributed by atoms with van der Waals surface area (Å²) in [6, 6.07) is 7.75. The summed E-state index contributed by atoms with van der Waals surface area (Å²) < 4.78 is 11.1. The topological polar surface area (TPSA) is 78.4 Å². The average molecular weight is 420 g/mol. The number of hydrogen-bond acceptors (Lipinski definition) is 5. The summed E-state index contributed by atoms with van der Waals surface area (Å²) in [6.45, 7) is 13.2. The standard InChI is InChI=1S/C22H37N5O3/c1-6-23-22(24-15-18(4)30-20-9-7-19(29-5)8-10-20)27-13-11-26(12-14-27)16-21(28)25-17(2)3/h7-10,17-18H,6,11-16H2,1-5H3,(H,23,24)(H,25,28). The molecule has 1 amide bonds. The normalized spacial score (nSPS) is 16.3. The minimum absolute atomic E-state index is 0.0481. The maximum atomic E-state index is 12.0. The monoisotopic (exact) mass is 419 g/mol. The minimum atomic E-state index is -0.0481. The van der Waals surface area contributed by atoms with E-state index >= 15 is 0 Å². The van der Waals surface area contributed by atoms with Crippen LogP contribution in [0.4, 0.5) is 0 Å². The molecular formula is C22H37N5O3. The van der Waals surface area contributed by atoms with E-state index in [4.69, 9.17) is 14.5 Å². The lowest BCUT2D eigenvalue weighted by molar-refractivity contribution is -0.123. The van der Waals surface area contributed by atoms with Crippen molar-refractivity contribution < 1.29 is 14.3 Å². The number of benzene rings is 1. The summed E-state index contributed by atoms with van der Waals surface area (Å²) >= 11 is 0. The molecule has 8 nitrogen and oxygen atoms in total. The fourth-order valence-corrected chi connectivity index (χ4v) is 3.25. The number of amides is 1. The maximum absolute atomic E-state index is 12.0. The van der Waals surface area contributed by atoms with Crippen LogP contribution in [0.25, 0.3) is 0 Å². The van der Waals surface area contributed by atoms with Crippen LogP contribution in [0.5, 0.6) is 11.5 Å². The van der Waals surface area contributed by atoms with Crippen LogP contribution in [0, 0.1) is 0 Å². The molecule has 1 unspecified atom stereocenters. The molecule has 0 radical (unpaired) electrons. The zero-order chi connectivity index (χ0) is 21.9. The Morgan fingerprint density at radius 1 is 1.10 bits per heavy atom. The van der Waals surface area contributed by atoms with Crippen LogP contribution in [0.3, 0.4) is 0 Å². The van der Waals surface area contributed by atoms with Gasteiger partial charge in [0.2, 0.25) is 5.91 Å². The fourth-order valence-electron chi connectivity index (χ4n) is 3.25. The smallest absolute Gasteiger partial charge is 0.234 e. The molecule has 1 aromatic carbocycles. The van der Waals surface area contributed by atoms with E-state index in [9.17, 15) is 4.79 Å². The van der Waals surface area contributed by atoms with Crippen LogP contribution in [-0.4, -0.2) is 86.7 Å². The Balaban J connectivity index is 1.84. The lowest BCUT2D eigenvalue weighted by Gasteiger charge is -2.36. The van der Waals surface area contributed by atoms with Crippen LogP contribution in [0.15, 0.2) is 29.3 Å². The molecule has 0 aromatic heterocycles. The predicted octanol–water partition coefficient (Wildman–Crippen LogP) is 1.57. The van der Waals surface area contributed by atoms with Crippen LogP contribution in [0.2, 0.25) is 0 Å². The molecule has 30 heavy (non-hydrogen) atoms. The maximum Gasteiger partial charge on any atom is 0.234 e. The third-order valence-corrected chi connectivity index (χ3v) is 4.72. The number of hydrogen-bond donors (Lipinski definition) is 2. The number of aliphatic imine (C=N–C) groups is 1. The Morgan fingerprint density at radius 3 is 2.30 bits per heavy atom. The molecule has 1 saturated heterocycles. The van der Waals surface area contributed by atoms with Gasteiger partial charge in [-0.2, -0.15) is 0 Å². The number of nitrogens with one attached hydrogen (secondary N) is 2. The van der Waals surface area contributed by atoms with Crippen molar-refractivity contribution >= 4 is 11.9 Å². The summed E-state index contributed by atoms with van der Waals surface area (Å²) in [5.74, 6) is 2.59. The first-order valence-electron chi connectivity index (χ1n) is 10.8. The number of nitrogens with zero attached hydrogens (tertiary/aromatic N) is 3. The van der Waals surface area contributed by atoms with E-state index in [1.165, 1.54) is 0 Å². The first-order valence-corrected chi connectivity index (χ1v) is 10.8. The highest BCUT2D eigenvalue weighted by Crippen LogP contribution is 2.18. The molecular weight excluding hydrogens is 382 g/mol. The Morgan fingerprint density at radius 2 is 1.73 bits per heavy atom. The van der Waals surface area contributed by atoms with Gasteiger partial charge < -0.3 is 25.0 Å². The first kappa shape index (κ1) is 23.8. The molecule has 0 spiro atoms. The molecule has 1 heterocycles. The molecule has 1 fully saturated rings. The summed E-state index contributed by atoms with van der Waals surface area (Å²) in [5, 5.41) is 6.33. The average Bonchev–Trinajstić information content (AvgIpc) is 2.71. The summed E-state index contributed by atoms with van der Waals surface area (Å²) in [7, 11) is 1.65. The first-order chi connectivity index (χ1) is 14.4. The SMILES string of the molecule is CCNC(=NCC(C)Oc1ccc(OC)cc1)N1CCN(CC(=O)NC(C)C)CC1. The molecule has 0 aliphatic carbocycles. The molecule has 2 N–H and O–H groups in total. The van der Waals surface area contributed by atoms with Crippen molar-refractivity contribution in [3.05, 3.63) is 24.3 Å². The molecule has 8 heteroatoms. The molecule has 168 valence electrons. The Bertz CT molecular complexity index is 670. The molecule has 1 aromatic rings. The predicted molar refractivity (Wildman–Crippen MR) is 120 cm³/mol. The van der Waals surface area contributed by atoms with Gasteiger partial charge in [-0.05, 0) is 52.0 Å². The van der Waals surface area contributed by atoms with Gasteiger partial charge in [0.25, 0.3) is 0 Å². The van der Waals surface area contributed by atoms with Gasteiger partial charge in [0.15, 0.2) is 5.96 Å². The highest BCUT2D eigenvalue weighted by atomic mass is 16.5. The van der Waals surface area contributed by atoms with Gasteiger partial charge in [0, 0.05) is 38.8 Å². The molecule has 1 atom stereocenters. The van der Waals surface area contributed by atoms with Crippen LogP contribution in [-0.2, 0) is 4.79 Å². The van der Waals surface area contributed by atoms with Gasteiger partial charge in [0.1, 0.15) is 17.6 Å². The number of piperazine rings is 1. The van der Waals surface area contributed by atoms with E-state index in [0.29, 0.717) is 13.1 Å². The highest BCUT2D eigenvalue weighted by molar-refractivity contribution is 5.80. The summed E-state index contributed by atoms with van der Waals surface area (Å²) in [6.07, 6.45) is -0.0481. The summed E-state index contributed by atoms with van der Waals surface area (Å²) in [4.78, 5) is 21.2. The number of carbonyl (C=O) groups excluding carboxylic acids is 1. The van der Waals surface area contributed by atoms with Crippen molar-refractivity contribution in [2.45, 2.75) is 39.8 Å². The Labute approximate surface area is 180 Å². The number of carbonyl (C=O) groups is 1. The second kappa shape index (κ2) is 12.3. The van der Waals surface area contributed by atoms with Gasteiger partial charge in [-0.1, -0.05) is 0 Å². The number of rotatable bonds is 9. The van der Waals surface area contributed by atoms with Crippen molar-refractivity contribution in [1.82, 2.24) is 20.4 Å². The lowest BCUT2D eigenvalue weighted by atomic mass is 10.3. The zero-order valence-electron chi connectivity index (χ0n) is 19.0. The van der Waals surface area contributed by atoms with Crippen molar-refractivity contribution in [3.63, 3.8) is 0 Å². The van der Waals surface area contributed by atoms with Crippen molar-refractivity contribution in [2.24, 2.45) is 4.99 Å². The Kier molecular flexibility index (Phi) is 9.73. The minimum Gasteiger partial charge on any atom is -0.497 e. The quantitative estimate of drug-likeness (QED) is 0.467. The van der Waals surface area contributed by atoms with E-state index in [-0.39, 0.29) is 18.1 Å². The zero-order valence-corrected chi connectivity index (χ0v) is 19.0. The number of guanidine groups is 1. The lowest BCUT2D eigenvalue weighted by Crippen LogP contribution is -2.54. The third-order valence-electron chi connectivity index (χ3n) is 4.72. The second-order valence-electron chi connectivity index (χ2n) is 7.78. The van der Waals surface area contributed by atoms with Gasteiger partial charge >= 0.3 is 0 Å². The third kappa shape index (κ3) is 8.10. The largest absolute Gasteiger partial charge is 0.497 e. The fraction of sp³-hybridized carbons (Fsp3) is 0.636. The van der Waals surface area contributed by atoms with Gasteiger partial charge in [-0.15, -0.1) is 0 Å². The Hall–Kier alpha value is -2.48. The van der Waals surface area contributed by atoms with E-state index in [1.807, 2.05) is 45.0 Å². The molecule has 2 rings (SSSR count). The van der Waals surface area contributed by atoms with Crippen LogP contribution >= 0.6 is 0 Å².